The second-order valence-corrected chi connectivity index (χ2v) is 8.62. The Morgan fingerprint density at radius 3 is 2.19 bits per heavy atom. The van der Waals surface area contributed by atoms with Gasteiger partial charge in [-0.25, -0.2) is 8.42 Å². The van der Waals surface area contributed by atoms with Crippen LogP contribution in [0.4, 0.5) is 5.69 Å². The van der Waals surface area contributed by atoms with E-state index < -0.39 is 27.1 Å². The Balaban J connectivity index is 1.69. The topological polar surface area (TPSA) is 101 Å². The van der Waals surface area contributed by atoms with Crippen molar-refractivity contribution in [1.29, 1.82) is 0 Å². The van der Waals surface area contributed by atoms with Gasteiger partial charge >= 0.3 is 5.97 Å². The first-order valence-electron chi connectivity index (χ1n) is 8.19. The molecule has 136 valence electrons. The van der Waals surface area contributed by atoms with Gasteiger partial charge in [-0.3, -0.25) is 9.59 Å². The van der Waals surface area contributed by atoms with E-state index in [4.69, 9.17) is 5.11 Å². The fourth-order valence-corrected chi connectivity index (χ4v) is 4.28. The highest BCUT2D eigenvalue weighted by atomic mass is 32.2. The van der Waals surface area contributed by atoms with E-state index in [1.54, 1.807) is 48.5 Å². The third-order valence-corrected chi connectivity index (χ3v) is 5.94. The first kappa shape index (κ1) is 18.1. The Bertz CT molecular complexity index is 933. The van der Waals surface area contributed by atoms with Crippen molar-refractivity contribution in [3.8, 4) is 0 Å². The lowest BCUT2D eigenvalue weighted by Gasteiger charge is -2.12. The number of carbonyl (C=O) groups is 2. The van der Waals surface area contributed by atoms with Crippen LogP contribution in [0.1, 0.15) is 24.0 Å². The molecule has 1 amide bonds. The molecular weight excluding hydrogens is 354 g/mol. The molecule has 0 saturated heterocycles. The molecule has 2 aromatic carbocycles. The van der Waals surface area contributed by atoms with Gasteiger partial charge in [0.25, 0.3) is 0 Å². The van der Waals surface area contributed by atoms with E-state index >= 15 is 0 Å². The van der Waals surface area contributed by atoms with E-state index in [-0.39, 0.29) is 11.5 Å². The van der Waals surface area contributed by atoms with Gasteiger partial charge in [-0.1, -0.05) is 42.5 Å². The third-order valence-electron chi connectivity index (χ3n) is 4.39. The quantitative estimate of drug-likeness (QED) is 0.727. The minimum absolute atomic E-state index is 0.0629. The standard InChI is InChI=1S/C19H19NO5S/c21-17(19(9-10-19)18(22)23)20-16-8-4-7-15(11-16)13-26(24,25)12-14-5-2-1-3-6-14/h1-8,11H,9-10,12-13H2,(H,20,21)(H,22,23). The molecule has 2 N–H and O–H groups in total. The van der Waals surface area contributed by atoms with E-state index in [0.29, 0.717) is 29.7 Å². The Kier molecular flexibility index (Phi) is 4.82. The van der Waals surface area contributed by atoms with Gasteiger partial charge in [0.2, 0.25) is 5.91 Å². The Morgan fingerprint density at radius 2 is 1.58 bits per heavy atom. The number of carbonyl (C=O) groups excluding carboxylic acids is 1. The van der Waals surface area contributed by atoms with Crippen LogP contribution in [0, 0.1) is 5.41 Å². The molecular formula is C19H19NO5S. The number of aliphatic carboxylic acids is 1. The second kappa shape index (κ2) is 6.92. The second-order valence-electron chi connectivity index (χ2n) is 6.56. The highest BCUT2D eigenvalue weighted by molar-refractivity contribution is 7.89. The predicted octanol–water partition coefficient (Wildman–Crippen LogP) is 2.60. The molecule has 0 unspecified atom stereocenters. The minimum Gasteiger partial charge on any atom is -0.480 e. The summed E-state index contributed by atoms with van der Waals surface area (Å²) in [5, 5.41) is 11.7. The van der Waals surface area contributed by atoms with Crippen molar-refractivity contribution >= 4 is 27.4 Å². The third kappa shape index (κ3) is 4.11. The summed E-state index contributed by atoms with van der Waals surface area (Å²) in [6.07, 6.45) is 0.638. The summed E-state index contributed by atoms with van der Waals surface area (Å²) in [5.41, 5.74) is 0.318. The molecule has 7 heteroatoms. The van der Waals surface area contributed by atoms with Crippen molar-refractivity contribution in [3.05, 3.63) is 65.7 Å². The van der Waals surface area contributed by atoms with Crippen LogP contribution in [0.3, 0.4) is 0 Å². The zero-order valence-electron chi connectivity index (χ0n) is 14.0. The van der Waals surface area contributed by atoms with Gasteiger partial charge in [-0.15, -0.1) is 0 Å². The van der Waals surface area contributed by atoms with Crippen LogP contribution in [0.15, 0.2) is 54.6 Å². The van der Waals surface area contributed by atoms with Crippen molar-refractivity contribution in [2.45, 2.75) is 24.3 Å². The Hall–Kier alpha value is -2.67. The molecule has 0 aliphatic heterocycles. The van der Waals surface area contributed by atoms with Crippen LogP contribution in [-0.2, 0) is 30.9 Å². The first-order chi connectivity index (χ1) is 12.3. The fourth-order valence-electron chi connectivity index (χ4n) is 2.79. The summed E-state index contributed by atoms with van der Waals surface area (Å²) in [6.45, 7) is 0. The first-order valence-corrected chi connectivity index (χ1v) is 10.0. The number of carboxylic acids is 1. The molecule has 1 aliphatic rings. The van der Waals surface area contributed by atoms with Crippen molar-refractivity contribution in [1.82, 2.24) is 0 Å². The van der Waals surface area contributed by atoms with Crippen LogP contribution in [-0.4, -0.2) is 25.4 Å². The molecule has 1 aliphatic carbocycles. The summed E-state index contributed by atoms with van der Waals surface area (Å²) in [6, 6.07) is 15.4. The largest absolute Gasteiger partial charge is 0.480 e. The molecule has 0 heterocycles. The van der Waals surface area contributed by atoms with E-state index in [1.165, 1.54) is 0 Å². The van der Waals surface area contributed by atoms with Gasteiger partial charge in [0, 0.05) is 5.69 Å². The minimum atomic E-state index is -3.37. The summed E-state index contributed by atoms with van der Waals surface area (Å²) in [4.78, 5) is 23.4. The van der Waals surface area contributed by atoms with E-state index in [0.717, 1.165) is 0 Å². The molecule has 0 atom stereocenters. The molecule has 1 saturated carbocycles. The van der Waals surface area contributed by atoms with E-state index in [2.05, 4.69) is 5.32 Å². The van der Waals surface area contributed by atoms with Crippen LogP contribution >= 0.6 is 0 Å². The normalized spacial score (nSPS) is 15.2. The summed E-state index contributed by atoms with van der Waals surface area (Å²) >= 11 is 0. The van der Waals surface area contributed by atoms with Crippen molar-refractivity contribution in [2.75, 3.05) is 5.32 Å². The lowest BCUT2D eigenvalue weighted by Crippen LogP contribution is -2.31. The molecule has 0 radical (unpaired) electrons. The number of carboxylic acid groups (broad SMARTS) is 1. The number of hydrogen-bond acceptors (Lipinski definition) is 4. The smallest absolute Gasteiger partial charge is 0.319 e. The van der Waals surface area contributed by atoms with E-state index in [9.17, 15) is 18.0 Å². The van der Waals surface area contributed by atoms with Crippen LogP contribution in [0.25, 0.3) is 0 Å². The van der Waals surface area contributed by atoms with Crippen LogP contribution in [0.2, 0.25) is 0 Å². The van der Waals surface area contributed by atoms with E-state index in [1.807, 2.05) is 6.07 Å². The molecule has 26 heavy (non-hydrogen) atoms. The van der Waals surface area contributed by atoms with Crippen molar-refractivity contribution < 1.29 is 23.1 Å². The molecule has 0 spiro atoms. The van der Waals surface area contributed by atoms with Gasteiger partial charge in [-0.2, -0.15) is 0 Å². The number of nitrogens with one attached hydrogen (secondary N) is 1. The average Bonchev–Trinajstić information content (AvgIpc) is 3.37. The number of sulfone groups is 1. The average molecular weight is 373 g/mol. The lowest BCUT2D eigenvalue weighted by atomic mass is 10.1. The summed E-state index contributed by atoms with van der Waals surface area (Å²) in [5.74, 6) is -1.91. The zero-order valence-corrected chi connectivity index (χ0v) is 14.8. The maximum atomic E-state index is 12.4. The molecule has 3 rings (SSSR count). The molecule has 1 fully saturated rings. The fraction of sp³-hybridized carbons (Fsp3) is 0.263. The van der Waals surface area contributed by atoms with Crippen LogP contribution in [0.5, 0.6) is 0 Å². The van der Waals surface area contributed by atoms with Gasteiger partial charge in [0.1, 0.15) is 5.41 Å². The SMILES string of the molecule is O=C(O)C1(C(=O)Nc2cccc(CS(=O)(=O)Cc3ccccc3)c2)CC1. The lowest BCUT2D eigenvalue weighted by molar-refractivity contribution is -0.147. The van der Waals surface area contributed by atoms with Crippen molar-refractivity contribution in [3.63, 3.8) is 0 Å². The predicted molar refractivity (Wildman–Crippen MR) is 97.1 cm³/mol. The molecule has 6 nitrogen and oxygen atoms in total. The molecule has 0 aromatic heterocycles. The van der Waals surface area contributed by atoms with Gasteiger partial charge < -0.3 is 10.4 Å². The summed E-state index contributed by atoms with van der Waals surface area (Å²) in [7, 11) is -3.37. The molecule has 0 bridgehead atoms. The van der Waals surface area contributed by atoms with Gasteiger partial charge in [-0.05, 0) is 36.1 Å². The number of rotatable bonds is 7. The summed E-state index contributed by atoms with van der Waals surface area (Å²) < 4.78 is 24.8. The number of anilines is 1. The highest BCUT2D eigenvalue weighted by Crippen LogP contribution is 2.46. The number of amides is 1. The Morgan fingerprint density at radius 1 is 0.962 bits per heavy atom. The maximum Gasteiger partial charge on any atom is 0.319 e. The maximum absolute atomic E-state index is 12.4. The van der Waals surface area contributed by atoms with Crippen molar-refractivity contribution in [2.24, 2.45) is 5.41 Å². The number of hydrogen-bond donors (Lipinski definition) is 2. The van der Waals surface area contributed by atoms with Gasteiger partial charge in [0.05, 0.1) is 11.5 Å². The number of benzene rings is 2. The van der Waals surface area contributed by atoms with Gasteiger partial charge in [0.15, 0.2) is 9.84 Å². The highest BCUT2D eigenvalue weighted by Gasteiger charge is 2.57. The van der Waals surface area contributed by atoms with Crippen LogP contribution < -0.4 is 5.32 Å². The molecule has 2 aromatic rings. The Labute approximate surface area is 151 Å². The zero-order chi connectivity index (χ0) is 18.8. The monoisotopic (exact) mass is 373 g/mol.